The second kappa shape index (κ2) is 6.66. The molecule has 3 rings (SSSR count). The van der Waals surface area contributed by atoms with Gasteiger partial charge in [-0.25, -0.2) is 9.48 Å². The molecule has 7 heteroatoms. The normalized spacial score (nSPS) is 15.8. The van der Waals surface area contributed by atoms with Gasteiger partial charge in [-0.1, -0.05) is 0 Å². The van der Waals surface area contributed by atoms with Crippen LogP contribution in [0.25, 0.3) is 0 Å². The van der Waals surface area contributed by atoms with Gasteiger partial charge in [-0.15, -0.1) is 0 Å². The average Bonchev–Trinajstić information content (AvgIpc) is 2.96. The number of benzene rings is 1. The summed E-state index contributed by atoms with van der Waals surface area (Å²) in [7, 11) is 1.63. The van der Waals surface area contributed by atoms with Crippen molar-refractivity contribution >= 4 is 11.8 Å². The number of anilines is 1. The van der Waals surface area contributed by atoms with Crippen LogP contribution in [-0.2, 0) is 13.1 Å². The largest absolute Gasteiger partial charge is 0.497 e. The summed E-state index contributed by atoms with van der Waals surface area (Å²) in [6.45, 7) is 7.55. The average molecular weight is 344 g/mol. The lowest BCUT2D eigenvalue weighted by Crippen LogP contribution is -2.45. The Morgan fingerprint density at radius 2 is 2.20 bits per heavy atom. The molecule has 0 saturated carbocycles. The van der Waals surface area contributed by atoms with E-state index in [-0.39, 0.29) is 6.03 Å². The first-order chi connectivity index (χ1) is 11.9. The molecule has 1 aliphatic rings. The number of nitrogens with zero attached hydrogens (tertiary/aromatic N) is 3. The third-order valence-electron chi connectivity index (χ3n) is 4.13. The summed E-state index contributed by atoms with van der Waals surface area (Å²) in [4.78, 5) is 14.6. The minimum atomic E-state index is -0.514. The molecule has 0 atom stereocenters. The lowest BCUT2D eigenvalue weighted by atomic mass is 10.1. The Hall–Kier alpha value is -2.70. The molecular formula is C18H24N4O3. The summed E-state index contributed by atoms with van der Waals surface area (Å²) in [5.41, 5.74) is 0.436. The Labute approximate surface area is 147 Å². The number of rotatable bonds is 3. The van der Waals surface area contributed by atoms with E-state index in [9.17, 15) is 4.79 Å². The maximum atomic E-state index is 12.8. The third-order valence-corrected chi connectivity index (χ3v) is 4.13. The minimum Gasteiger partial charge on any atom is -0.497 e. The van der Waals surface area contributed by atoms with Crippen LogP contribution in [0.1, 0.15) is 26.3 Å². The van der Waals surface area contributed by atoms with E-state index >= 15 is 0 Å². The molecule has 0 unspecified atom stereocenters. The molecule has 0 saturated heterocycles. The summed E-state index contributed by atoms with van der Waals surface area (Å²) in [5, 5.41) is 7.12. The molecule has 0 aliphatic carbocycles. The van der Waals surface area contributed by atoms with E-state index in [1.165, 1.54) is 0 Å². The highest BCUT2D eigenvalue weighted by Gasteiger charge is 2.32. The Morgan fingerprint density at radius 3 is 2.92 bits per heavy atom. The molecule has 1 aromatic heterocycles. The highest BCUT2D eigenvalue weighted by molar-refractivity contribution is 5.88. The topological polar surface area (TPSA) is 68.6 Å². The number of amides is 2. The first-order valence-corrected chi connectivity index (χ1v) is 8.35. The maximum Gasteiger partial charge on any atom is 0.323 e. The van der Waals surface area contributed by atoms with Gasteiger partial charge in [0.25, 0.3) is 0 Å². The molecule has 1 N–H and O–H groups in total. The second-order valence-electron chi connectivity index (χ2n) is 6.65. The van der Waals surface area contributed by atoms with Crippen molar-refractivity contribution < 1.29 is 14.3 Å². The first kappa shape index (κ1) is 17.1. The standard InChI is InChI=1S/C18H24N4O3/c1-5-22-16(8-9-19-22)20-17(23)21-11-13-6-7-14(24-4)10-15(13)25-18(2,3)12-21/h6-10H,5,11-12H2,1-4H3,(H,20,23). The molecule has 0 spiro atoms. The third kappa shape index (κ3) is 3.70. The van der Waals surface area contributed by atoms with Gasteiger partial charge in [0, 0.05) is 24.2 Å². The summed E-state index contributed by atoms with van der Waals surface area (Å²) in [6.07, 6.45) is 1.68. The SMILES string of the molecule is CCn1nccc1NC(=O)N1Cc2ccc(OC)cc2OC(C)(C)C1. The molecule has 134 valence electrons. The van der Waals surface area contributed by atoms with E-state index in [0.29, 0.717) is 25.5 Å². The molecule has 1 aromatic carbocycles. The summed E-state index contributed by atoms with van der Waals surface area (Å²) in [5.74, 6) is 2.17. The number of methoxy groups -OCH3 is 1. The molecule has 0 bridgehead atoms. The van der Waals surface area contributed by atoms with E-state index in [1.54, 1.807) is 29.0 Å². The van der Waals surface area contributed by atoms with E-state index in [4.69, 9.17) is 9.47 Å². The monoisotopic (exact) mass is 344 g/mol. The number of carbonyl (C=O) groups is 1. The van der Waals surface area contributed by atoms with Gasteiger partial charge in [0.15, 0.2) is 0 Å². The van der Waals surface area contributed by atoms with E-state index in [0.717, 1.165) is 17.1 Å². The predicted molar refractivity (Wildman–Crippen MR) is 95.0 cm³/mol. The molecule has 0 radical (unpaired) electrons. The fourth-order valence-electron chi connectivity index (χ4n) is 2.96. The molecule has 1 aliphatic heterocycles. The number of hydrogen-bond donors (Lipinski definition) is 1. The predicted octanol–water partition coefficient (Wildman–Crippen LogP) is 3.12. The molecule has 25 heavy (non-hydrogen) atoms. The number of hydrogen-bond acceptors (Lipinski definition) is 4. The number of aromatic nitrogens is 2. The second-order valence-corrected chi connectivity index (χ2v) is 6.65. The van der Waals surface area contributed by atoms with Crippen molar-refractivity contribution in [3.05, 3.63) is 36.0 Å². The summed E-state index contributed by atoms with van der Waals surface area (Å²) in [6, 6.07) is 7.30. The molecule has 2 amide bonds. The lowest BCUT2D eigenvalue weighted by molar-refractivity contribution is 0.0832. The van der Waals surface area contributed by atoms with Crippen LogP contribution in [0.2, 0.25) is 0 Å². The van der Waals surface area contributed by atoms with Crippen molar-refractivity contribution in [2.45, 2.75) is 39.5 Å². The van der Waals surface area contributed by atoms with Crippen LogP contribution in [0.4, 0.5) is 10.6 Å². The maximum absolute atomic E-state index is 12.8. The Balaban J connectivity index is 1.84. The summed E-state index contributed by atoms with van der Waals surface area (Å²) >= 11 is 0. The van der Waals surface area contributed by atoms with Gasteiger partial charge in [0.1, 0.15) is 22.9 Å². The van der Waals surface area contributed by atoms with E-state index in [2.05, 4.69) is 10.4 Å². The van der Waals surface area contributed by atoms with Crippen molar-refractivity contribution in [3.63, 3.8) is 0 Å². The fraction of sp³-hybridized carbons (Fsp3) is 0.444. The molecule has 0 fully saturated rings. The number of urea groups is 1. The zero-order valence-corrected chi connectivity index (χ0v) is 15.1. The molecule has 2 aromatic rings. The number of carbonyl (C=O) groups excluding carboxylic acids is 1. The van der Waals surface area contributed by atoms with Gasteiger partial charge >= 0.3 is 6.03 Å². The van der Waals surface area contributed by atoms with Crippen LogP contribution in [0, 0.1) is 0 Å². The zero-order chi connectivity index (χ0) is 18.0. The van der Waals surface area contributed by atoms with Crippen molar-refractivity contribution in [2.24, 2.45) is 0 Å². The van der Waals surface area contributed by atoms with Crippen LogP contribution < -0.4 is 14.8 Å². The van der Waals surface area contributed by atoms with Crippen LogP contribution in [0.15, 0.2) is 30.5 Å². The highest BCUT2D eigenvalue weighted by Crippen LogP contribution is 2.32. The number of fused-ring (bicyclic) bond motifs is 1. The minimum absolute atomic E-state index is 0.171. The Kier molecular flexibility index (Phi) is 4.57. The van der Waals surface area contributed by atoms with Crippen LogP contribution >= 0.6 is 0 Å². The van der Waals surface area contributed by atoms with Gasteiger partial charge in [0.05, 0.1) is 26.4 Å². The molecule has 2 heterocycles. The first-order valence-electron chi connectivity index (χ1n) is 8.35. The van der Waals surface area contributed by atoms with Crippen molar-refractivity contribution in [1.82, 2.24) is 14.7 Å². The van der Waals surface area contributed by atoms with Crippen molar-refractivity contribution in [1.29, 1.82) is 0 Å². The van der Waals surface area contributed by atoms with E-state index in [1.807, 2.05) is 39.0 Å². The molecule has 7 nitrogen and oxygen atoms in total. The van der Waals surface area contributed by atoms with Gasteiger partial charge < -0.3 is 14.4 Å². The zero-order valence-electron chi connectivity index (χ0n) is 15.1. The highest BCUT2D eigenvalue weighted by atomic mass is 16.5. The van der Waals surface area contributed by atoms with Crippen LogP contribution in [0.5, 0.6) is 11.5 Å². The van der Waals surface area contributed by atoms with Crippen molar-refractivity contribution in [2.75, 3.05) is 19.0 Å². The van der Waals surface area contributed by atoms with Gasteiger partial charge in [0.2, 0.25) is 0 Å². The Morgan fingerprint density at radius 1 is 1.40 bits per heavy atom. The van der Waals surface area contributed by atoms with Crippen molar-refractivity contribution in [3.8, 4) is 11.5 Å². The summed E-state index contributed by atoms with van der Waals surface area (Å²) < 4.78 is 13.2. The number of ether oxygens (including phenoxy) is 2. The molecular weight excluding hydrogens is 320 g/mol. The van der Waals surface area contributed by atoms with E-state index < -0.39 is 5.60 Å². The number of nitrogens with one attached hydrogen (secondary N) is 1. The van der Waals surface area contributed by atoms with Gasteiger partial charge in [-0.2, -0.15) is 5.10 Å². The van der Waals surface area contributed by atoms with Crippen LogP contribution in [0.3, 0.4) is 0 Å². The van der Waals surface area contributed by atoms with Crippen LogP contribution in [-0.4, -0.2) is 40.0 Å². The Bertz CT molecular complexity index is 769. The smallest absolute Gasteiger partial charge is 0.323 e. The lowest BCUT2D eigenvalue weighted by Gasteiger charge is -2.29. The quantitative estimate of drug-likeness (QED) is 0.929. The number of aryl methyl sites for hydroxylation is 1. The fourth-order valence-corrected chi connectivity index (χ4v) is 2.96. The van der Waals surface area contributed by atoms with Gasteiger partial charge in [-0.05, 0) is 32.9 Å². The van der Waals surface area contributed by atoms with Gasteiger partial charge in [-0.3, -0.25) is 5.32 Å².